The van der Waals surface area contributed by atoms with Crippen molar-refractivity contribution in [2.24, 2.45) is 0 Å². The molecule has 0 N–H and O–H groups in total. The van der Waals surface area contributed by atoms with E-state index in [0.29, 0.717) is 11.0 Å². The molecule has 1 aromatic carbocycles. The lowest BCUT2D eigenvalue weighted by atomic mass is 9.75. The Labute approximate surface area is 167 Å². The number of hydrogen-bond acceptors (Lipinski definition) is 3. The van der Waals surface area contributed by atoms with Gasteiger partial charge in [0.1, 0.15) is 0 Å². The minimum Gasteiger partial charge on any atom is -0.411 e. The molecule has 3 nitrogen and oxygen atoms in total. The molecule has 1 aliphatic heterocycles. The summed E-state index contributed by atoms with van der Waals surface area (Å²) in [7, 11) is -2.94. The van der Waals surface area contributed by atoms with E-state index in [1.807, 2.05) is 60.3 Å². The van der Waals surface area contributed by atoms with Gasteiger partial charge in [-0.1, -0.05) is 17.8 Å². The van der Waals surface area contributed by atoms with Crippen LogP contribution in [0.25, 0.3) is 5.47 Å². The van der Waals surface area contributed by atoms with Crippen LogP contribution in [0.5, 0.6) is 0 Å². The Kier molecular flexibility index (Phi) is 6.32. The highest BCUT2D eigenvalue weighted by atomic mass is 28.4. The van der Waals surface area contributed by atoms with Crippen molar-refractivity contribution in [2.45, 2.75) is 78.1 Å². The van der Waals surface area contributed by atoms with Gasteiger partial charge in [0.15, 0.2) is 0 Å². The topological polar surface area (TPSA) is 27.7 Å². The molecule has 0 saturated carbocycles. The Morgan fingerprint density at radius 3 is 1.89 bits per heavy atom. The fourth-order valence-corrected chi connectivity index (χ4v) is 5.46. The summed E-state index contributed by atoms with van der Waals surface area (Å²) in [5.74, 6) is 0. The summed E-state index contributed by atoms with van der Waals surface area (Å²) in [6.07, 6.45) is -4.33. The Balaban J connectivity index is 2.49. The number of benzene rings is 1. The second-order valence-electron chi connectivity index (χ2n) is 9.03. The molecule has 1 saturated heterocycles. The fourth-order valence-electron chi connectivity index (χ4n) is 3.13. The second kappa shape index (κ2) is 7.63. The van der Waals surface area contributed by atoms with Gasteiger partial charge < -0.3 is 13.7 Å². The number of halogens is 3. The number of hydrogen-bond donors (Lipinski definition) is 0. The predicted molar refractivity (Wildman–Crippen MR) is 109 cm³/mol. The molecule has 0 spiro atoms. The molecule has 0 radical (unpaired) electrons. The van der Waals surface area contributed by atoms with Gasteiger partial charge >= 0.3 is 13.3 Å². The van der Waals surface area contributed by atoms with Crippen molar-refractivity contribution in [2.75, 3.05) is 0 Å². The Hall–Kier alpha value is -1.09. The van der Waals surface area contributed by atoms with E-state index in [9.17, 15) is 13.2 Å². The largest absolute Gasteiger partial charge is 0.494 e. The van der Waals surface area contributed by atoms with Crippen LogP contribution in [0.4, 0.5) is 13.2 Å². The van der Waals surface area contributed by atoms with Gasteiger partial charge in [0.2, 0.25) is 8.32 Å². The summed E-state index contributed by atoms with van der Waals surface area (Å²) in [5.41, 5.74) is 1.58. The molecule has 1 fully saturated rings. The van der Waals surface area contributed by atoms with Gasteiger partial charge in [-0.3, -0.25) is 0 Å². The van der Waals surface area contributed by atoms with E-state index in [-0.39, 0.29) is 6.10 Å². The van der Waals surface area contributed by atoms with Crippen LogP contribution in [0, 0.1) is 0 Å². The molecule has 1 aliphatic rings. The number of rotatable bonds is 5. The first-order chi connectivity index (χ1) is 12.5. The van der Waals surface area contributed by atoms with Gasteiger partial charge in [-0.05, 0) is 77.8 Å². The molecule has 156 valence electrons. The minimum absolute atomic E-state index is 0.0464. The highest BCUT2D eigenvalue weighted by Crippen LogP contribution is 2.41. The summed E-state index contributed by atoms with van der Waals surface area (Å²) < 4.78 is 57.4. The highest BCUT2D eigenvalue weighted by molar-refractivity contribution is 6.82. The smallest absolute Gasteiger partial charge is 0.411 e. The van der Waals surface area contributed by atoms with E-state index in [1.54, 1.807) is 0 Å². The molecular weight excluding hydrogens is 384 g/mol. The van der Waals surface area contributed by atoms with Crippen molar-refractivity contribution in [1.29, 1.82) is 0 Å². The summed E-state index contributed by atoms with van der Waals surface area (Å²) in [6, 6.07) is 5.12. The maximum Gasteiger partial charge on any atom is 0.494 e. The first kappa shape index (κ1) is 23.2. The molecule has 0 aliphatic carbocycles. The molecule has 0 atom stereocenters. The molecule has 0 aromatic heterocycles. The molecule has 28 heavy (non-hydrogen) atoms. The maximum absolute atomic E-state index is 13.0. The monoisotopic (exact) mass is 414 g/mol. The molecule has 1 aromatic rings. The lowest BCUT2D eigenvalue weighted by molar-refractivity contribution is -0.137. The quantitative estimate of drug-likeness (QED) is 0.563. The van der Waals surface area contributed by atoms with E-state index >= 15 is 0 Å². The summed E-state index contributed by atoms with van der Waals surface area (Å²) in [5, 5.41) is 0. The normalized spacial score (nSPS) is 20.1. The zero-order chi connectivity index (χ0) is 21.5. The van der Waals surface area contributed by atoms with Crippen LogP contribution in [-0.2, 0) is 19.9 Å². The first-order valence-corrected chi connectivity index (χ1v) is 12.5. The minimum atomic E-state index is -4.37. The third-order valence-electron chi connectivity index (χ3n) is 5.10. The number of alkyl halides is 3. The van der Waals surface area contributed by atoms with Crippen LogP contribution in [0.15, 0.2) is 30.0 Å². The Morgan fingerprint density at radius 1 is 1.04 bits per heavy atom. The van der Waals surface area contributed by atoms with Crippen molar-refractivity contribution < 1.29 is 26.9 Å². The molecule has 0 amide bonds. The van der Waals surface area contributed by atoms with Crippen molar-refractivity contribution in [3.05, 3.63) is 41.1 Å². The van der Waals surface area contributed by atoms with E-state index in [0.717, 1.165) is 12.1 Å². The van der Waals surface area contributed by atoms with Crippen molar-refractivity contribution in [3.8, 4) is 0 Å². The summed E-state index contributed by atoms with van der Waals surface area (Å²) in [6.45, 7) is 15.8. The van der Waals surface area contributed by atoms with Crippen molar-refractivity contribution in [3.63, 3.8) is 0 Å². The fraction of sp³-hybridized carbons (Fsp3) is 0.600. The Bertz CT molecular complexity index is 709. The zero-order valence-electron chi connectivity index (χ0n) is 17.9. The van der Waals surface area contributed by atoms with E-state index in [4.69, 9.17) is 13.7 Å². The van der Waals surface area contributed by atoms with Crippen LogP contribution in [0.2, 0.25) is 13.1 Å². The van der Waals surface area contributed by atoms with Crippen molar-refractivity contribution in [1.82, 2.24) is 0 Å². The zero-order valence-corrected chi connectivity index (χ0v) is 18.9. The van der Waals surface area contributed by atoms with Gasteiger partial charge in [-0.15, -0.1) is 0 Å². The highest BCUT2D eigenvalue weighted by Gasteiger charge is 2.53. The van der Waals surface area contributed by atoms with Gasteiger partial charge in [0, 0.05) is 6.10 Å². The molecular formula is C20H30BF3O3Si. The third-order valence-corrected chi connectivity index (χ3v) is 7.18. The third kappa shape index (κ3) is 5.29. The van der Waals surface area contributed by atoms with Crippen LogP contribution >= 0.6 is 0 Å². The van der Waals surface area contributed by atoms with Crippen LogP contribution in [-0.4, -0.2) is 32.7 Å². The Morgan fingerprint density at radius 2 is 1.50 bits per heavy atom. The van der Waals surface area contributed by atoms with Gasteiger partial charge in [-0.25, -0.2) is 0 Å². The SMILES string of the molecule is CC(C)O[Si](C)(C)/C=C(\B1OC(C)(C)C(C)(C)O1)c1ccc(C(F)(F)F)cc1. The van der Waals surface area contributed by atoms with Crippen LogP contribution in [0.3, 0.4) is 0 Å². The summed E-state index contributed by atoms with van der Waals surface area (Å²) in [4.78, 5) is 0. The van der Waals surface area contributed by atoms with Gasteiger partial charge in [0.25, 0.3) is 0 Å². The maximum atomic E-state index is 13.0. The lowest BCUT2D eigenvalue weighted by Gasteiger charge is -2.32. The van der Waals surface area contributed by atoms with E-state index < -0.39 is 38.4 Å². The average Bonchev–Trinajstić information content (AvgIpc) is 2.71. The van der Waals surface area contributed by atoms with Gasteiger partial charge in [0.05, 0.1) is 16.8 Å². The van der Waals surface area contributed by atoms with E-state index in [2.05, 4.69) is 0 Å². The predicted octanol–water partition coefficient (Wildman–Crippen LogP) is 5.89. The van der Waals surface area contributed by atoms with Crippen LogP contribution in [0.1, 0.15) is 52.7 Å². The van der Waals surface area contributed by atoms with E-state index in [1.165, 1.54) is 12.1 Å². The van der Waals surface area contributed by atoms with Crippen LogP contribution < -0.4 is 0 Å². The standard InChI is InChI=1S/C20H30BF3O3Si/c1-14(2)25-28(7,8)13-17(21-26-18(3,4)19(5,6)27-21)15-9-11-16(12-10-15)20(22,23)24/h9-14H,1-8H3/b17-13-. The van der Waals surface area contributed by atoms with Crippen molar-refractivity contribution >= 4 is 20.9 Å². The molecule has 8 heteroatoms. The molecule has 0 bridgehead atoms. The summed E-state index contributed by atoms with van der Waals surface area (Å²) >= 11 is 0. The second-order valence-corrected chi connectivity index (χ2v) is 12.8. The molecule has 2 rings (SSSR count). The first-order valence-electron chi connectivity index (χ1n) is 9.48. The molecule has 1 heterocycles. The van der Waals surface area contributed by atoms with Gasteiger partial charge in [-0.2, -0.15) is 13.2 Å². The lowest BCUT2D eigenvalue weighted by Crippen LogP contribution is -2.41. The molecule has 0 unspecified atom stereocenters. The average molecular weight is 414 g/mol.